The molecule has 0 spiro atoms. The Morgan fingerprint density at radius 3 is 2.71 bits per heavy atom. The van der Waals surface area contributed by atoms with E-state index in [1.807, 2.05) is 0 Å². The number of aromatic nitrogens is 2. The Kier molecular flexibility index (Phi) is 6.21. The molecule has 9 nitrogen and oxygen atoms in total. The van der Waals surface area contributed by atoms with Crippen LogP contribution in [0.25, 0.3) is 0 Å². The number of amides is 1. The highest BCUT2D eigenvalue weighted by molar-refractivity contribution is 6.30. The zero-order valence-electron chi connectivity index (χ0n) is 13.3. The molecule has 1 amide bonds. The molecule has 4 N–H and O–H groups in total. The van der Waals surface area contributed by atoms with E-state index in [1.165, 1.54) is 0 Å². The molecular formula is C14H18ClN5O4. The molecule has 2 rings (SSSR count). The Balaban J connectivity index is 1.83. The number of nitrogens with two attached hydrogens (primary N) is 1. The number of carbonyl (C=O) groups is 1. The Hall–Kier alpha value is -2.52. The van der Waals surface area contributed by atoms with Crippen molar-refractivity contribution in [2.45, 2.75) is 6.54 Å². The molecule has 0 aliphatic carbocycles. The molecule has 0 saturated heterocycles. The second-order valence-corrected chi connectivity index (χ2v) is 5.17. The van der Waals surface area contributed by atoms with Crippen LogP contribution in [0.4, 0.5) is 5.82 Å². The number of benzene rings is 1. The lowest BCUT2D eigenvalue weighted by Crippen LogP contribution is -2.32. The molecule has 1 aromatic carbocycles. The molecule has 2 aromatic rings. The SMILES string of the molecule is COc1cc(Cl)cc(CNCCNC(=O)c2nonc2N)c1OC. The van der Waals surface area contributed by atoms with Crippen LogP contribution in [0.2, 0.25) is 5.02 Å². The molecule has 0 aliphatic rings. The highest BCUT2D eigenvalue weighted by Crippen LogP contribution is 2.34. The first-order valence-electron chi connectivity index (χ1n) is 7.04. The summed E-state index contributed by atoms with van der Waals surface area (Å²) >= 11 is 6.06. The Morgan fingerprint density at radius 2 is 2.08 bits per heavy atom. The first-order chi connectivity index (χ1) is 11.6. The number of nitrogen functional groups attached to an aromatic ring is 1. The average molecular weight is 356 g/mol. The van der Waals surface area contributed by atoms with Gasteiger partial charge in [0.05, 0.1) is 14.2 Å². The van der Waals surface area contributed by atoms with Crippen molar-refractivity contribution in [3.05, 3.63) is 28.4 Å². The van der Waals surface area contributed by atoms with Crippen molar-refractivity contribution in [3.63, 3.8) is 0 Å². The van der Waals surface area contributed by atoms with Crippen molar-refractivity contribution in [1.82, 2.24) is 20.9 Å². The maximum absolute atomic E-state index is 11.8. The number of hydrogen-bond donors (Lipinski definition) is 3. The molecule has 1 heterocycles. The van der Waals surface area contributed by atoms with Crippen molar-refractivity contribution in [1.29, 1.82) is 0 Å². The van der Waals surface area contributed by atoms with Gasteiger partial charge in [-0.05, 0) is 16.4 Å². The molecule has 0 fully saturated rings. The fourth-order valence-corrected chi connectivity index (χ4v) is 2.29. The normalized spacial score (nSPS) is 10.5. The molecule has 10 heteroatoms. The van der Waals surface area contributed by atoms with Gasteiger partial charge >= 0.3 is 0 Å². The zero-order chi connectivity index (χ0) is 17.5. The quantitative estimate of drug-likeness (QED) is 0.595. The fraction of sp³-hybridized carbons (Fsp3) is 0.357. The summed E-state index contributed by atoms with van der Waals surface area (Å²) in [5, 5.41) is 13.1. The predicted molar refractivity (Wildman–Crippen MR) is 87.3 cm³/mol. The maximum Gasteiger partial charge on any atom is 0.277 e. The molecule has 0 radical (unpaired) electrons. The van der Waals surface area contributed by atoms with Crippen LogP contribution in [0.5, 0.6) is 11.5 Å². The lowest BCUT2D eigenvalue weighted by Gasteiger charge is -2.14. The van der Waals surface area contributed by atoms with E-state index in [-0.39, 0.29) is 11.5 Å². The van der Waals surface area contributed by atoms with Crippen molar-refractivity contribution in [2.24, 2.45) is 0 Å². The molecular weight excluding hydrogens is 338 g/mol. The van der Waals surface area contributed by atoms with Gasteiger partial charge in [0.25, 0.3) is 5.91 Å². The molecule has 0 aliphatic heterocycles. The molecule has 130 valence electrons. The summed E-state index contributed by atoms with van der Waals surface area (Å²) in [6, 6.07) is 3.47. The number of anilines is 1. The van der Waals surface area contributed by atoms with Gasteiger partial charge in [-0.2, -0.15) is 0 Å². The third kappa shape index (κ3) is 4.27. The fourth-order valence-electron chi connectivity index (χ4n) is 2.06. The largest absolute Gasteiger partial charge is 0.493 e. The third-order valence-corrected chi connectivity index (χ3v) is 3.37. The number of hydrogen-bond acceptors (Lipinski definition) is 8. The van der Waals surface area contributed by atoms with E-state index in [1.54, 1.807) is 26.4 Å². The van der Waals surface area contributed by atoms with E-state index in [9.17, 15) is 4.79 Å². The van der Waals surface area contributed by atoms with Crippen LogP contribution in [0.1, 0.15) is 16.1 Å². The molecule has 0 bridgehead atoms. The van der Waals surface area contributed by atoms with Crippen LogP contribution in [-0.2, 0) is 6.54 Å². The lowest BCUT2D eigenvalue weighted by atomic mass is 10.2. The summed E-state index contributed by atoms with van der Waals surface area (Å²) in [5.41, 5.74) is 6.25. The molecule has 1 aromatic heterocycles. The highest BCUT2D eigenvalue weighted by atomic mass is 35.5. The van der Waals surface area contributed by atoms with E-state index in [2.05, 4.69) is 25.6 Å². The number of halogens is 1. The highest BCUT2D eigenvalue weighted by Gasteiger charge is 2.15. The minimum atomic E-state index is -0.447. The van der Waals surface area contributed by atoms with Crippen LogP contribution in [0.3, 0.4) is 0 Å². The van der Waals surface area contributed by atoms with Crippen molar-refractivity contribution >= 4 is 23.3 Å². The zero-order valence-corrected chi connectivity index (χ0v) is 14.0. The molecule has 24 heavy (non-hydrogen) atoms. The van der Waals surface area contributed by atoms with Crippen LogP contribution >= 0.6 is 11.6 Å². The summed E-state index contributed by atoms with van der Waals surface area (Å²) in [4.78, 5) is 11.8. The number of rotatable bonds is 8. The van der Waals surface area contributed by atoms with Gasteiger partial charge < -0.3 is 25.8 Å². The Bertz CT molecular complexity index is 706. The summed E-state index contributed by atoms with van der Waals surface area (Å²) in [6.07, 6.45) is 0. The van der Waals surface area contributed by atoms with Crippen LogP contribution in [0, 0.1) is 0 Å². The second-order valence-electron chi connectivity index (χ2n) is 4.73. The third-order valence-electron chi connectivity index (χ3n) is 3.15. The Morgan fingerprint density at radius 1 is 1.29 bits per heavy atom. The van der Waals surface area contributed by atoms with Gasteiger partial charge in [-0.3, -0.25) is 4.79 Å². The first kappa shape index (κ1) is 17.8. The predicted octanol–water partition coefficient (Wildman–Crippen LogP) is 0.842. The summed E-state index contributed by atoms with van der Waals surface area (Å²) in [7, 11) is 3.11. The minimum Gasteiger partial charge on any atom is -0.493 e. The molecule has 0 atom stereocenters. The van der Waals surface area contributed by atoms with Crippen molar-refractivity contribution in [2.75, 3.05) is 33.0 Å². The minimum absolute atomic E-state index is 0.0313. The van der Waals surface area contributed by atoms with E-state index >= 15 is 0 Å². The molecule has 0 saturated carbocycles. The standard InChI is InChI=1S/C14H18ClN5O4/c1-22-10-6-9(15)5-8(12(10)23-2)7-17-3-4-18-14(21)11-13(16)20-24-19-11/h5-6,17H,3-4,7H2,1-2H3,(H2,16,20)(H,18,21). The van der Waals surface area contributed by atoms with Gasteiger partial charge in [0.15, 0.2) is 11.5 Å². The van der Waals surface area contributed by atoms with Gasteiger partial charge in [0.1, 0.15) is 0 Å². The van der Waals surface area contributed by atoms with Gasteiger partial charge in [-0.25, -0.2) is 4.63 Å². The second kappa shape index (κ2) is 8.37. The van der Waals surface area contributed by atoms with Gasteiger partial charge in [0, 0.05) is 36.3 Å². The van der Waals surface area contributed by atoms with Crippen molar-refractivity contribution < 1.29 is 18.9 Å². The van der Waals surface area contributed by atoms with Crippen LogP contribution in [-0.4, -0.2) is 43.5 Å². The van der Waals surface area contributed by atoms with Gasteiger partial charge in [0.2, 0.25) is 11.5 Å². The summed E-state index contributed by atoms with van der Waals surface area (Å²) in [5.74, 6) is 0.678. The summed E-state index contributed by atoms with van der Waals surface area (Å²) < 4.78 is 15.0. The monoisotopic (exact) mass is 355 g/mol. The summed E-state index contributed by atoms with van der Waals surface area (Å²) in [6.45, 7) is 1.36. The molecule has 0 unspecified atom stereocenters. The van der Waals surface area contributed by atoms with Crippen LogP contribution in [0.15, 0.2) is 16.8 Å². The van der Waals surface area contributed by atoms with Gasteiger partial charge in [-0.15, -0.1) is 0 Å². The lowest BCUT2D eigenvalue weighted by molar-refractivity contribution is 0.0944. The topological polar surface area (TPSA) is 125 Å². The maximum atomic E-state index is 11.8. The van der Waals surface area contributed by atoms with Gasteiger partial charge in [-0.1, -0.05) is 11.6 Å². The Labute approximate surface area is 143 Å². The van der Waals surface area contributed by atoms with E-state index in [4.69, 9.17) is 26.8 Å². The number of methoxy groups -OCH3 is 2. The number of nitrogens with one attached hydrogen (secondary N) is 2. The van der Waals surface area contributed by atoms with E-state index < -0.39 is 5.91 Å². The number of carbonyl (C=O) groups excluding carboxylic acids is 1. The van der Waals surface area contributed by atoms with E-state index in [0.29, 0.717) is 36.2 Å². The van der Waals surface area contributed by atoms with E-state index in [0.717, 1.165) is 5.56 Å². The first-order valence-corrected chi connectivity index (χ1v) is 7.42. The number of nitrogens with zero attached hydrogens (tertiary/aromatic N) is 2. The average Bonchev–Trinajstić information content (AvgIpc) is 2.99. The smallest absolute Gasteiger partial charge is 0.277 e. The van der Waals surface area contributed by atoms with Crippen LogP contribution < -0.4 is 25.8 Å². The number of ether oxygens (including phenoxy) is 2. The van der Waals surface area contributed by atoms with Crippen molar-refractivity contribution in [3.8, 4) is 11.5 Å².